The van der Waals surface area contributed by atoms with Gasteiger partial charge in [-0.15, -0.1) is 0 Å². The minimum atomic E-state index is -4.70. The van der Waals surface area contributed by atoms with Crippen LogP contribution >= 0.6 is 0 Å². The first-order valence-electron chi connectivity index (χ1n) is 12.6. The Morgan fingerprint density at radius 2 is 1.50 bits per heavy atom. The van der Waals surface area contributed by atoms with E-state index in [2.05, 4.69) is 0 Å². The lowest BCUT2D eigenvalue weighted by molar-refractivity contribution is -0.137. The Balaban J connectivity index is 1.61. The molecular formula is C28H25F5O5S2. The zero-order chi connectivity index (χ0) is 28.9. The molecule has 1 fully saturated rings. The maximum atomic E-state index is 15.5. The van der Waals surface area contributed by atoms with Crippen LogP contribution in [0.25, 0.3) is 0 Å². The number of benzene rings is 3. The molecule has 2 aliphatic rings. The second kappa shape index (κ2) is 10.1. The van der Waals surface area contributed by atoms with E-state index in [9.17, 15) is 34.4 Å². The molecule has 0 aromatic heterocycles. The summed E-state index contributed by atoms with van der Waals surface area (Å²) >= 11 is 0. The summed E-state index contributed by atoms with van der Waals surface area (Å²) in [6, 6.07) is 12.3. The van der Waals surface area contributed by atoms with E-state index in [-0.39, 0.29) is 36.5 Å². The number of hydrogen-bond donors (Lipinski definition) is 0. The first-order valence-corrected chi connectivity index (χ1v) is 15.7. The minimum absolute atomic E-state index is 0.0296. The molecule has 0 N–H and O–H groups in total. The van der Waals surface area contributed by atoms with Gasteiger partial charge in [-0.05, 0) is 73.7 Å². The van der Waals surface area contributed by atoms with Crippen molar-refractivity contribution in [1.82, 2.24) is 0 Å². The molecular weight excluding hydrogens is 575 g/mol. The summed E-state index contributed by atoms with van der Waals surface area (Å²) in [5, 5.41) is 0. The van der Waals surface area contributed by atoms with Crippen molar-refractivity contribution in [2.75, 3.05) is 12.4 Å². The largest absolute Gasteiger partial charge is 0.490 e. The zero-order valence-corrected chi connectivity index (χ0v) is 22.6. The number of halogens is 5. The van der Waals surface area contributed by atoms with Crippen molar-refractivity contribution < 1.29 is 43.5 Å². The van der Waals surface area contributed by atoms with Gasteiger partial charge < -0.3 is 4.74 Å². The Bertz CT molecular complexity index is 1620. The van der Waals surface area contributed by atoms with Crippen molar-refractivity contribution in [1.29, 1.82) is 0 Å². The highest BCUT2D eigenvalue weighted by Crippen LogP contribution is 2.58. The lowest BCUT2D eigenvalue weighted by Crippen LogP contribution is -2.54. The van der Waals surface area contributed by atoms with E-state index in [4.69, 9.17) is 4.74 Å². The second-order valence-corrected chi connectivity index (χ2v) is 14.5. The smallest absolute Gasteiger partial charge is 0.416 e. The second-order valence-electron chi connectivity index (χ2n) is 10.1. The van der Waals surface area contributed by atoms with Gasteiger partial charge in [-0.2, -0.15) is 13.2 Å². The number of hydrogen-bond acceptors (Lipinski definition) is 5. The molecule has 3 atom stereocenters. The highest BCUT2D eigenvalue weighted by molar-refractivity contribution is 7.92. The number of sulfone groups is 2. The summed E-state index contributed by atoms with van der Waals surface area (Å²) in [6.07, 6.45) is -4.16. The Morgan fingerprint density at radius 1 is 0.850 bits per heavy atom. The van der Waals surface area contributed by atoms with E-state index in [0.29, 0.717) is 18.6 Å². The molecule has 5 rings (SSSR count). The number of fused-ring (bicyclic) bond motifs is 3. The van der Waals surface area contributed by atoms with Crippen LogP contribution in [-0.4, -0.2) is 29.2 Å². The third-order valence-electron chi connectivity index (χ3n) is 8.01. The van der Waals surface area contributed by atoms with E-state index < -0.39 is 75.8 Å². The molecule has 1 saturated carbocycles. The van der Waals surface area contributed by atoms with Crippen LogP contribution in [0, 0.1) is 23.5 Å². The molecule has 0 spiro atoms. The van der Waals surface area contributed by atoms with Crippen LogP contribution in [0.4, 0.5) is 22.0 Å². The van der Waals surface area contributed by atoms with Crippen molar-refractivity contribution in [2.45, 2.75) is 46.4 Å². The van der Waals surface area contributed by atoms with Crippen LogP contribution < -0.4 is 4.74 Å². The molecule has 0 amide bonds. The molecule has 12 heteroatoms. The highest BCUT2D eigenvalue weighted by Gasteiger charge is 2.60. The van der Waals surface area contributed by atoms with Crippen LogP contribution in [0.2, 0.25) is 0 Å². The maximum absolute atomic E-state index is 15.5. The van der Waals surface area contributed by atoms with Crippen molar-refractivity contribution in [3.63, 3.8) is 0 Å². The van der Waals surface area contributed by atoms with Crippen LogP contribution in [-0.2, 0) is 30.6 Å². The normalized spacial score (nSPS) is 23.1. The Labute approximate surface area is 228 Å². The summed E-state index contributed by atoms with van der Waals surface area (Å²) in [5.41, 5.74) is -1.56. The molecule has 1 unspecified atom stereocenters. The number of rotatable bonds is 6. The molecule has 5 nitrogen and oxygen atoms in total. The molecule has 0 saturated heterocycles. The third-order valence-corrected chi connectivity index (χ3v) is 12.3. The van der Waals surface area contributed by atoms with E-state index in [1.165, 1.54) is 12.1 Å². The van der Waals surface area contributed by atoms with Crippen LogP contribution in [0.1, 0.15) is 36.8 Å². The molecule has 1 heterocycles. The van der Waals surface area contributed by atoms with Gasteiger partial charge in [-0.3, -0.25) is 0 Å². The van der Waals surface area contributed by atoms with Gasteiger partial charge >= 0.3 is 6.18 Å². The van der Waals surface area contributed by atoms with Gasteiger partial charge in [0, 0.05) is 5.92 Å². The predicted octanol–water partition coefficient (Wildman–Crippen LogP) is 6.33. The molecule has 1 aliphatic carbocycles. The monoisotopic (exact) mass is 600 g/mol. The van der Waals surface area contributed by atoms with Gasteiger partial charge in [0.25, 0.3) is 0 Å². The van der Waals surface area contributed by atoms with Crippen molar-refractivity contribution >= 4 is 19.7 Å². The Hall–Kier alpha value is -2.99. The zero-order valence-electron chi connectivity index (χ0n) is 21.0. The van der Waals surface area contributed by atoms with Gasteiger partial charge in [-0.1, -0.05) is 24.6 Å². The van der Waals surface area contributed by atoms with Crippen LogP contribution in [0.15, 0.2) is 76.5 Å². The standard InChI is InChI=1S/C28H25F5O5S2/c29-23-12-13-24(30)26-25(23)27(40(36,37)21-10-8-19(9-11-21)28(31,32)33)15-4-5-18(22(27)17-38-26)14-16-39(34,35)20-6-2-1-3-7-20/h1-3,6-13,18,22H,4-5,14-17H2/t18-,22-,27?/m0/s1. The van der Waals surface area contributed by atoms with E-state index in [1.54, 1.807) is 18.2 Å². The van der Waals surface area contributed by atoms with Gasteiger partial charge in [-0.25, -0.2) is 25.6 Å². The fourth-order valence-corrected chi connectivity index (χ4v) is 9.98. The van der Waals surface area contributed by atoms with Gasteiger partial charge in [0.1, 0.15) is 10.6 Å². The summed E-state index contributed by atoms with van der Waals surface area (Å²) in [6.45, 7) is -0.330. The SMILES string of the molecule is O=S(=O)(CC[C@@H]1CCCC2(S(=O)(=O)c3ccc(C(F)(F)F)cc3)c3c(F)ccc(F)c3OC[C@@H]12)c1ccccc1. The van der Waals surface area contributed by atoms with Gasteiger partial charge in [0.2, 0.25) is 0 Å². The molecule has 0 radical (unpaired) electrons. The Morgan fingerprint density at radius 3 is 2.15 bits per heavy atom. The lowest BCUT2D eigenvalue weighted by atomic mass is 9.66. The van der Waals surface area contributed by atoms with E-state index in [1.807, 2.05) is 0 Å². The molecule has 40 heavy (non-hydrogen) atoms. The first-order chi connectivity index (χ1) is 18.8. The van der Waals surface area contributed by atoms with Crippen LogP contribution in [0.5, 0.6) is 5.75 Å². The lowest BCUT2D eigenvalue weighted by Gasteiger charge is -2.50. The average Bonchev–Trinajstić information content (AvgIpc) is 2.93. The quantitative estimate of drug-likeness (QED) is 0.309. The number of alkyl halides is 3. The predicted molar refractivity (Wildman–Crippen MR) is 136 cm³/mol. The van der Waals surface area contributed by atoms with Crippen LogP contribution in [0.3, 0.4) is 0 Å². The van der Waals surface area contributed by atoms with Crippen molar-refractivity contribution in [3.05, 3.63) is 89.5 Å². The highest BCUT2D eigenvalue weighted by atomic mass is 32.2. The Kier molecular flexibility index (Phi) is 7.23. The average molecular weight is 601 g/mol. The molecule has 1 aliphatic heterocycles. The fourth-order valence-electron chi connectivity index (χ4n) is 6.12. The summed E-state index contributed by atoms with van der Waals surface area (Å²) < 4.78 is 128. The topological polar surface area (TPSA) is 77.5 Å². The third kappa shape index (κ3) is 4.68. The summed E-state index contributed by atoms with van der Waals surface area (Å²) in [4.78, 5) is -0.368. The maximum Gasteiger partial charge on any atom is 0.416 e. The fraction of sp³-hybridized carbons (Fsp3) is 0.357. The minimum Gasteiger partial charge on any atom is -0.490 e. The molecule has 3 aromatic rings. The molecule has 0 bridgehead atoms. The van der Waals surface area contributed by atoms with E-state index in [0.717, 1.165) is 24.3 Å². The van der Waals surface area contributed by atoms with E-state index >= 15 is 4.39 Å². The molecule has 3 aromatic carbocycles. The van der Waals surface area contributed by atoms with Crippen molar-refractivity contribution in [3.8, 4) is 5.75 Å². The van der Waals surface area contributed by atoms with Gasteiger partial charge in [0.05, 0.1) is 33.3 Å². The summed E-state index contributed by atoms with van der Waals surface area (Å²) in [5.74, 6) is -4.41. The number of ether oxygens (including phenoxy) is 1. The summed E-state index contributed by atoms with van der Waals surface area (Å²) in [7, 11) is -8.37. The van der Waals surface area contributed by atoms with Gasteiger partial charge in [0.15, 0.2) is 31.2 Å². The van der Waals surface area contributed by atoms with Crippen molar-refractivity contribution in [2.24, 2.45) is 11.8 Å². The molecule has 214 valence electrons. The first kappa shape index (κ1) is 28.5.